The minimum Gasteiger partial charge on any atom is -0.480 e. The van der Waals surface area contributed by atoms with Crippen molar-refractivity contribution < 1.29 is 14.7 Å². The molecule has 0 aromatic rings. The van der Waals surface area contributed by atoms with Gasteiger partial charge in [0.1, 0.15) is 6.04 Å². The van der Waals surface area contributed by atoms with Crippen LogP contribution in [0.15, 0.2) is 0 Å². The number of amides is 1. The molecular weight excluding hydrogens is 218 g/mol. The van der Waals surface area contributed by atoms with Crippen molar-refractivity contribution in [3.63, 3.8) is 0 Å². The lowest BCUT2D eigenvalue weighted by molar-refractivity contribution is -0.142. The van der Waals surface area contributed by atoms with Crippen LogP contribution >= 0.6 is 0 Å². The van der Waals surface area contributed by atoms with E-state index in [0.29, 0.717) is 6.42 Å². The Morgan fingerprint density at radius 3 is 2.47 bits per heavy atom. The van der Waals surface area contributed by atoms with Gasteiger partial charge in [-0.2, -0.15) is 0 Å². The van der Waals surface area contributed by atoms with Crippen molar-refractivity contribution in [2.75, 3.05) is 0 Å². The highest BCUT2D eigenvalue weighted by Crippen LogP contribution is 2.24. The Kier molecular flexibility index (Phi) is 6.01. The molecule has 1 rings (SSSR count). The van der Waals surface area contributed by atoms with Crippen LogP contribution in [0.1, 0.15) is 58.3 Å². The lowest BCUT2D eigenvalue weighted by atomic mass is 10.0. The topological polar surface area (TPSA) is 66.4 Å². The summed E-state index contributed by atoms with van der Waals surface area (Å²) >= 11 is 0. The Bertz CT molecular complexity index is 259. The van der Waals surface area contributed by atoms with Crippen LogP contribution in [0.5, 0.6) is 0 Å². The average Bonchev–Trinajstić information content (AvgIpc) is 2.81. The highest BCUT2D eigenvalue weighted by molar-refractivity contribution is 5.85. The Morgan fingerprint density at radius 1 is 1.29 bits per heavy atom. The van der Waals surface area contributed by atoms with Gasteiger partial charge in [0, 0.05) is 5.92 Å². The number of carbonyl (C=O) groups excluding carboxylic acids is 1. The van der Waals surface area contributed by atoms with E-state index in [2.05, 4.69) is 12.2 Å². The molecule has 0 aromatic heterocycles. The highest BCUT2D eigenvalue weighted by atomic mass is 16.4. The quantitative estimate of drug-likeness (QED) is 0.672. The zero-order valence-electron chi connectivity index (χ0n) is 10.6. The van der Waals surface area contributed by atoms with Gasteiger partial charge in [0.2, 0.25) is 5.91 Å². The van der Waals surface area contributed by atoms with E-state index in [1.165, 1.54) is 0 Å². The lowest BCUT2D eigenvalue weighted by Crippen LogP contribution is -2.43. The largest absolute Gasteiger partial charge is 0.480 e. The van der Waals surface area contributed by atoms with E-state index in [9.17, 15) is 9.59 Å². The maximum atomic E-state index is 11.8. The number of carbonyl (C=O) groups is 2. The van der Waals surface area contributed by atoms with Crippen LogP contribution in [0.2, 0.25) is 0 Å². The maximum absolute atomic E-state index is 11.8. The Morgan fingerprint density at radius 2 is 1.94 bits per heavy atom. The molecule has 2 N–H and O–H groups in total. The molecule has 0 bridgehead atoms. The van der Waals surface area contributed by atoms with E-state index in [-0.39, 0.29) is 11.8 Å². The highest BCUT2D eigenvalue weighted by Gasteiger charge is 2.26. The first-order chi connectivity index (χ1) is 8.15. The van der Waals surface area contributed by atoms with Gasteiger partial charge >= 0.3 is 5.97 Å². The molecule has 0 saturated heterocycles. The molecule has 1 fully saturated rings. The van der Waals surface area contributed by atoms with Crippen LogP contribution in [0, 0.1) is 5.92 Å². The molecule has 0 radical (unpaired) electrons. The fourth-order valence-corrected chi connectivity index (χ4v) is 2.33. The SMILES string of the molecule is CCCCC[C@@H](NC(=O)C1CCCC1)C(=O)O. The minimum atomic E-state index is -0.910. The first kappa shape index (κ1) is 14.0. The fourth-order valence-electron chi connectivity index (χ4n) is 2.33. The van der Waals surface area contributed by atoms with Gasteiger partial charge in [-0.15, -0.1) is 0 Å². The van der Waals surface area contributed by atoms with Gasteiger partial charge in [-0.25, -0.2) is 4.79 Å². The van der Waals surface area contributed by atoms with Crippen LogP contribution in [-0.2, 0) is 9.59 Å². The molecule has 1 saturated carbocycles. The summed E-state index contributed by atoms with van der Waals surface area (Å²) in [6.07, 6.45) is 7.48. The van der Waals surface area contributed by atoms with Gasteiger partial charge in [-0.3, -0.25) is 4.79 Å². The molecule has 0 aliphatic heterocycles. The van der Waals surface area contributed by atoms with E-state index in [4.69, 9.17) is 5.11 Å². The molecule has 17 heavy (non-hydrogen) atoms. The third kappa shape index (κ3) is 4.75. The van der Waals surface area contributed by atoms with E-state index in [0.717, 1.165) is 44.9 Å². The predicted octanol–water partition coefficient (Wildman–Crippen LogP) is 2.33. The van der Waals surface area contributed by atoms with Gasteiger partial charge in [0.05, 0.1) is 0 Å². The van der Waals surface area contributed by atoms with Crippen molar-refractivity contribution in [1.82, 2.24) is 5.32 Å². The third-order valence-electron chi connectivity index (χ3n) is 3.44. The Balaban J connectivity index is 2.36. The molecule has 4 nitrogen and oxygen atoms in total. The minimum absolute atomic E-state index is 0.0445. The summed E-state index contributed by atoms with van der Waals surface area (Å²) in [6.45, 7) is 2.08. The van der Waals surface area contributed by atoms with Crippen molar-refractivity contribution in [2.24, 2.45) is 5.92 Å². The normalized spacial score (nSPS) is 17.9. The maximum Gasteiger partial charge on any atom is 0.326 e. The number of unbranched alkanes of at least 4 members (excludes halogenated alkanes) is 2. The summed E-state index contributed by atoms with van der Waals surface area (Å²) in [6, 6.07) is -0.699. The molecule has 0 unspecified atom stereocenters. The zero-order chi connectivity index (χ0) is 12.7. The van der Waals surface area contributed by atoms with Crippen molar-refractivity contribution in [3.8, 4) is 0 Å². The van der Waals surface area contributed by atoms with Crippen molar-refractivity contribution >= 4 is 11.9 Å². The predicted molar refractivity (Wildman–Crippen MR) is 65.7 cm³/mol. The zero-order valence-corrected chi connectivity index (χ0v) is 10.6. The van der Waals surface area contributed by atoms with E-state index >= 15 is 0 Å². The number of hydrogen-bond acceptors (Lipinski definition) is 2. The summed E-state index contributed by atoms with van der Waals surface area (Å²) in [5.41, 5.74) is 0. The summed E-state index contributed by atoms with van der Waals surface area (Å²) in [7, 11) is 0. The first-order valence-electron chi connectivity index (χ1n) is 6.68. The van der Waals surface area contributed by atoms with Gasteiger partial charge in [-0.05, 0) is 19.3 Å². The summed E-state index contributed by atoms with van der Waals surface area (Å²) in [4.78, 5) is 22.8. The standard InChI is InChI=1S/C13H23NO3/c1-2-3-4-9-11(13(16)17)14-12(15)10-7-5-6-8-10/h10-11H,2-9H2,1H3,(H,14,15)(H,16,17)/t11-/m1/s1. The van der Waals surface area contributed by atoms with E-state index in [1.54, 1.807) is 0 Å². The van der Waals surface area contributed by atoms with Crippen LogP contribution < -0.4 is 5.32 Å². The summed E-state index contributed by atoms with van der Waals surface area (Å²) in [5.74, 6) is -0.929. The molecule has 0 heterocycles. The van der Waals surface area contributed by atoms with E-state index < -0.39 is 12.0 Å². The van der Waals surface area contributed by atoms with Crippen molar-refractivity contribution in [2.45, 2.75) is 64.3 Å². The second-order valence-corrected chi connectivity index (χ2v) is 4.88. The number of carboxylic acid groups (broad SMARTS) is 1. The number of hydrogen-bond donors (Lipinski definition) is 2. The molecule has 1 atom stereocenters. The van der Waals surface area contributed by atoms with Gasteiger partial charge < -0.3 is 10.4 Å². The van der Waals surface area contributed by atoms with Gasteiger partial charge in [0.25, 0.3) is 0 Å². The first-order valence-corrected chi connectivity index (χ1v) is 6.68. The molecule has 0 aromatic carbocycles. The van der Waals surface area contributed by atoms with Crippen LogP contribution in [-0.4, -0.2) is 23.0 Å². The Hall–Kier alpha value is -1.06. The second kappa shape index (κ2) is 7.30. The van der Waals surface area contributed by atoms with Crippen LogP contribution in [0.25, 0.3) is 0 Å². The number of aliphatic carboxylic acids is 1. The second-order valence-electron chi connectivity index (χ2n) is 4.88. The molecule has 1 aliphatic rings. The molecule has 1 aliphatic carbocycles. The number of rotatable bonds is 7. The van der Waals surface area contributed by atoms with E-state index in [1.807, 2.05) is 0 Å². The molecule has 4 heteroatoms. The fraction of sp³-hybridized carbons (Fsp3) is 0.846. The smallest absolute Gasteiger partial charge is 0.326 e. The lowest BCUT2D eigenvalue weighted by Gasteiger charge is -2.17. The average molecular weight is 241 g/mol. The van der Waals surface area contributed by atoms with Crippen molar-refractivity contribution in [3.05, 3.63) is 0 Å². The number of nitrogens with one attached hydrogen (secondary N) is 1. The molecule has 98 valence electrons. The molecule has 1 amide bonds. The molecular formula is C13H23NO3. The Labute approximate surface area is 103 Å². The summed E-state index contributed by atoms with van der Waals surface area (Å²) in [5, 5.41) is 11.7. The number of carboxylic acids is 1. The third-order valence-corrected chi connectivity index (χ3v) is 3.44. The summed E-state index contributed by atoms with van der Waals surface area (Å²) < 4.78 is 0. The van der Waals surface area contributed by atoms with Gasteiger partial charge in [0.15, 0.2) is 0 Å². The van der Waals surface area contributed by atoms with Gasteiger partial charge in [-0.1, -0.05) is 39.0 Å². The van der Waals surface area contributed by atoms with Crippen LogP contribution in [0.4, 0.5) is 0 Å². The van der Waals surface area contributed by atoms with Crippen molar-refractivity contribution in [1.29, 1.82) is 0 Å². The monoisotopic (exact) mass is 241 g/mol. The molecule has 0 spiro atoms. The van der Waals surface area contributed by atoms with Crippen LogP contribution in [0.3, 0.4) is 0 Å².